The highest BCUT2D eigenvalue weighted by Crippen LogP contribution is 2.23. The molecular weight excluding hydrogens is 396 g/mol. The molecule has 0 spiro atoms. The number of carbonyl (C=O) groups excluding carboxylic acids is 4. The molecule has 0 aromatic heterocycles. The lowest BCUT2D eigenvalue weighted by atomic mass is 10.1. The van der Waals surface area contributed by atoms with Gasteiger partial charge in [-0.1, -0.05) is 30.3 Å². The molecule has 0 unspecified atom stereocenters. The van der Waals surface area contributed by atoms with E-state index in [-0.39, 0.29) is 29.2 Å². The van der Waals surface area contributed by atoms with Gasteiger partial charge < -0.3 is 10.1 Å². The van der Waals surface area contributed by atoms with Crippen LogP contribution >= 0.6 is 0 Å². The van der Waals surface area contributed by atoms with Gasteiger partial charge >= 0.3 is 5.97 Å². The summed E-state index contributed by atoms with van der Waals surface area (Å²) in [6.45, 7) is 0.00326. The molecule has 1 heterocycles. The van der Waals surface area contributed by atoms with Gasteiger partial charge in [0.25, 0.3) is 17.7 Å². The molecular formula is C24H18N2O5. The smallest absolute Gasteiger partial charge is 0.338 e. The summed E-state index contributed by atoms with van der Waals surface area (Å²) in [6, 6.07) is 20.1. The Hall–Kier alpha value is -4.26. The molecule has 0 bridgehead atoms. The Balaban J connectivity index is 1.38. The van der Waals surface area contributed by atoms with E-state index in [2.05, 4.69) is 5.32 Å². The molecule has 3 aromatic rings. The van der Waals surface area contributed by atoms with E-state index in [9.17, 15) is 19.2 Å². The third-order valence-electron chi connectivity index (χ3n) is 4.94. The lowest BCUT2D eigenvalue weighted by molar-refractivity contribution is 0.0472. The van der Waals surface area contributed by atoms with Gasteiger partial charge in [-0.05, 0) is 48.0 Å². The molecule has 154 valence electrons. The van der Waals surface area contributed by atoms with Gasteiger partial charge in [-0.2, -0.15) is 0 Å². The van der Waals surface area contributed by atoms with E-state index in [1.807, 2.05) is 18.2 Å². The van der Waals surface area contributed by atoms with Crippen molar-refractivity contribution in [1.82, 2.24) is 4.90 Å². The minimum atomic E-state index is -0.608. The summed E-state index contributed by atoms with van der Waals surface area (Å²) in [5, 5.41) is 2.80. The van der Waals surface area contributed by atoms with E-state index in [1.54, 1.807) is 36.4 Å². The summed E-state index contributed by atoms with van der Waals surface area (Å²) >= 11 is 0. The van der Waals surface area contributed by atoms with Gasteiger partial charge in [0.1, 0.15) is 6.61 Å². The lowest BCUT2D eigenvalue weighted by Gasteiger charge is -2.08. The predicted octanol–water partition coefficient (Wildman–Crippen LogP) is 3.52. The maximum atomic E-state index is 12.4. The van der Waals surface area contributed by atoms with Gasteiger partial charge in [-0.3, -0.25) is 19.3 Å². The second kappa shape index (κ2) is 8.23. The number of amides is 3. The summed E-state index contributed by atoms with van der Waals surface area (Å²) in [6.07, 6.45) is 0. The molecule has 7 nitrogen and oxygen atoms in total. The molecule has 1 aliphatic rings. The molecule has 3 aromatic carbocycles. The average Bonchev–Trinajstić information content (AvgIpc) is 3.02. The summed E-state index contributed by atoms with van der Waals surface area (Å²) < 4.78 is 5.31. The Bertz CT molecular complexity index is 1190. The molecule has 7 heteroatoms. The molecule has 0 radical (unpaired) electrons. The van der Waals surface area contributed by atoms with E-state index in [0.717, 1.165) is 4.90 Å². The zero-order valence-electron chi connectivity index (χ0n) is 16.6. The SMILES string of the molecule is CN1C(=O)c2ccc(C(=O)OCc3ccc(C(=O)Nc4ccccc4)cc3)cc2C1=O. The Morgan fingerprint density at radius 3 is 2.19 bits per heavy atom. The predicted molar refractivity (Wildman–Crippen MR) is 113 cm³/mol. The number of carbonyl (C=O) groups is 4. The Morgan fingerprint density at radius 2 is 1.48 bits per heavy atom. The minimum absolute atomic E-state index is 0.00326. The number of anilines is 1. The van der Waals surface area contributed by atoms with Gasteiger partial charge in [0.15, 0.2) is 0 Å². The zero-order chi connectivity index (χ0) is 22.0. The van der Waals surface area contributed by atoms with Crippen LogP contribution in [0.5, 0.6) is 0 Å². The molecule has 31 heavy (non-hydrogen) atoms. The van der Waals surface area contributed by atoms with Crippen molar-refractivity contribution >= 4 is 29.4 Å². The minimum Gasteiger partial charge on any atom is -0.457 e. The molecule has 0 saturated carbocycles. The monoisotopic (exact) mass is 414 g/mol. The van der Waals surface area contributed by atoms with Crippen LogP contribution < -0.4 is 5.32 Å². The van der Waals surface area contributed by atoms with Crippen LogP contribution in [-0.2, 0) is 11.3 Å². The summed E-state index contributed by atoms with van der Waals surface area (Å²) in [4.78, 5) is 49.7. The van der Waals surface area contributed by atoms with E-state index in [4.69, 9.17) is 4.74 Å². The van der Waals surface area contributed by atoms with E-state index >= 15 is 0 Å². The van der Waals surface area contributed by atoms with Gasteiger partial charge in [0.05, 0.1) is 16.7 Å². The number of imide groups is 1. The van der Waals surface area contributed by atoms with Crippen molar-refractivity contribution < 1.29 is 23.9 Å². The van der Waals surface area contributed by atoms with Gasteiger partial charge in [0.2, 0.25) is 0 Å². The van der Waals surface area contributed by atoms with Crippen LogP contribution in [0.1, 0.15) is 47.0 Å². The second-order valence-electron chi connectivity index (χ2n) is 7.02. The number of fused-ring (bicyclic) bond motifs is 1. The quantitative estimate of drug-likeness (QED) is 0.509. The Labute approximate surface area is 178 Å². The highest BCUT2D eigenvalue weighted by atomic mass is 16.5. The maximum Gasteiger partial charge on any atom is 0.338 e. The van der Waals surface area contributed by atoms with Crippen molar-refractivity contribution in [2.24, 2.45) is 0 Å². The number of hydrogen-bond donors (Lipinski definition) is 1. The standard InChI is InChI=1S/C24H18N2O5/c1-26-22(28)19-12-11-17(13-20(19)23(26)29)24(30)31-14-15-7-9-16(10-8-15)21(27)25-18-5-3-2-4-6-18/h2-13H,14H2,1H3,(H,25,27). The Kier molecular flexibility index (Phi) is 5.32. The van der Waals surface area contributed by atoms with Crippen LogP contribution in [-0.4, -0.2) is 35.6 Å². The van der Waals surface area contributed by atoms with E-state index < -0.39 is 17.8 Å². The van der Waals surface area contributed by atoms with E-state index in [1.165, 1.54) is 25.2 Å². The average molecular weight is 414 g/mol. The third-order valence-corrected chi connectivity index (χ3v) is 4.94. The number of rotatable bonds is 5. The fourth-order valence-electron chi connectivity index (χ4n) is 3.20. The normalized spacial score (nSPS) is 12.5. The number of ether oxygens (including phenoxy) is 1. The first kappa shape index (κ1) is 20.0. The number of nitrogens with zero attached hydrogens (tertiary/aromatic N) is 1. The first-order chi connectivity index (χ1) is 14.9. The number of nitrogens with one attached hydrogen (secondary N) is 1. The zero-order valence-corrected chi connectivity index (χ0v) is 16.6. The molecule has 0 aliphatic carbocycles. The number of para-hydroxylation sites is 1. The van der Waals surface area contributed by atoms with Crippen molar-refractivity contribution in [2.75, 3.05) is 12.4 Å². The number of hydrogen-bond acceptors (Lipinski definition) is 5. The van der Waals surface area contributed by atoms with Crippen LogP contribution in [0.25, 0.3) is 0 Å². The largest absolute Gasteiger partial charge is 0.457 e. The first-order valence-electron chi connectivity index (χ1n) is 9.53. The van der Waals surface area contributed by atoms with Crippen molar-refractivity contribution in [3.63, 3.8) is 0 Å². The van der Waals surface area contributed by atoms with Crippen LogP contribution in [0.3, 0.4) is 0 Å². The van der Waals surface area contributed by atoms with Crippen molar-refractivity contribution in [1.29, 1.82) is 0 Å². The lowest BCUT2D eigenvalue weighted by Crippen LogP contribution is -2.24. The fraction of sp³-hybridized carbons (Fsp3) is 0.0833. The summed E-state index contributed by atoms with van der Waals surface area (Å²) in [5.41, 5.74) is 2.53. The van der Waals surface area contributed by atoms with Gasteiger partial charge in [-0.25, -0.2) is 4.79 Å². The maximum absolute atomic E-state index is 12.4. The van der Waals surface area contributed by atoms with Crippen molar-refractivity contribution in [2.45, 2.75) is 6.61 Å². The van der Waals surface area contributed by atoms with Crippen LogP contribution in [0.15, 0.2) is 72.8 Å². The summed E-state index contributed by atoms with van der Waals surface area (Å²) in [7, 11) is 1.40. The molecule has 3 amide bonds. The van der Waals surface area contributed by atoms with E-state index in [0.29, 0.717) is 16.8 Å². The molecule has 1 N–H and O–H groups in total. The van der Waals surface area contributed by atoms with Crippen LogP contribution in [0.4, 0.5) is 5.69 Å². The molecule has 4 rings (SSSR count). The second-order valence-corrected chi connectivity index (χ2v) is 7.02. The number of benzene rings is 3. The van der Waals surface area contributed by atoms with Crippen molar-refractivity contribution in [3.8, 4) is 0 Å². The molecule has 0 atom stereocenters. The van der Waals surface area contributed by atoms with Crippen molar-refractivity contribution in [3.05, 3.63) is 101 Å². The highest BCUT2D eigenvalue weighted by Gasteiger charge is 2.33. The molecule has 1 aliphatic heterocycles. The van der Waals surface area contributed by atoms with Crippen LogP contribution in [0.2, 0.25) is 0 Å². The molecule has 0 saturated heterocycles. The van der Waals surface area contributed by atoms with Crippen LogP contribution in [0, 0.1) is 0 Å². The van der Waals surface area contributed by atoms with Gasteiger partial charge in [0, 0.05) is 18.3 Å². The Morgan fingerprint density at radius 1 is 0.839 bits per heavy atom. The van der Waals surface area contributed by atoms with Gasteiger partial charge in [-0.15, -0.1) is 0 Å². The highest BCUT2D eigenvalue weighted by molar-refractivity contribution is 6.21. The molecule has 0 fully saturated rings. The topological polar surface area (TPSA) is 92.8 Å². The fourth-order valence-corrected chi connectivity index (χ4v) is 3.20. The summed E-state index contributed by atoms with van der Waals surface area (Å²) in [5.74, 6) is -1.68. The number of esters is 1. The third kappa shape index (κ3) is 4.06. The first-order valence-corrected chi connectivity index (χ1v) is 9.53.